The summed E-state index contributed by atoms with van der Waals surface area (Å²) in [5.74, 6) is 0.859. The molecule has 4 aromatic rings. The largest absolute Gasteiger partial charge is 0.431 e. The highest BCUT2D eigenvalue weighted by Crippen LogP contribution is 2.27. The first-order valence-corrected chi connectivity index (χ1v) is 7.83. The Bertz CT molecular complexity index is 880. The molecular weight excluding hydrogens is 278 g/mol. The van der Waals surface area contributed by atoms with Gasteiger partial charge in [-0.15, -0.1) is 0 Å². The van der Waals surface area contributed by atoms with Crippen LogP contribution in [0.2, 0.25) is 0 Å². The molecular formula is C18H13NOS. The molecule has 0 unspecified atom stereocenters. The molecule has 0 fully saturated rings. The maximum Gasteiger partial charge on any atom is 0.257 e. The van der Waals surface area contributed by atoms with Crippen LogP contribution in [0.5, 0.6) is 0 Å². The fraction of sp³-hybridized carbons (Fsp3) is 0.0556. The summed E-state index contributed by atoms with van der Waals surface area (Å²) in [5.41, 5.74) is 3.04. The maximum absolute atomic E-state index is 5.73. The Balaban J connectivity index is 1.57. The maximum atomic E-state index is 5.73. The van der Waals surface area contributed by atoms with Crippen molar-refractivity contribution < 1.29 is 4.42 Å². The Morgan fingerprint density at radius 2 is 1.67 bits per heavy atom. The third-order valence-electron chi connectivity index (χ3n) is 3.45. The van der Waals surface area contributed by atoms with E-state index >= 15 is 0 Å². The molecule has 4 rings (SSSR count). The van der Waals surface area contributed by atoms with E-state index in [9.17, 15) is 0 Å². The van der Waals surface area contributed by atoms with E-state index in [-0.39, 0.29) is 0 Å². The third kappa shape index (κ3) is 2.52. The monoisotopic (exact) mass is 291 g/mol. The highest BCUT2D eigenvalue weighted by atomic mass is 32.2. The zero-order chi connectivity index (χ0) is 14.1. The molecule has 1 heterocycles. The van der Waals surface area contributed by atoms with E-state index in [0.717, 1.165) is 22.1 Å². The quantitative estimate of drug-likeness (QED) is 0.481. The summed E-state index contributed by atoms with van der Waals surface area (Å²) in [4.78, 5) is 4.49. The van der Waals surface area contributed by atoms with Gasteiger partial charge in [0.25, 0.3) is 5.22 Å². The minimum Gasteiger partial charge on any atom is -0.431 e. The normalized spacial score (nSPS) is 11.2. The van der Waals surface area contributed by atoms with E-state index in [1.54, 1.807) is 11.8 Å². The van der Waals surface area contributed by atoms with Crippen molar-refractivity contribution in [2.45, 2.75) is 11.0 Å². The lowest BCUT2D eigenvalue weighted by atomic mass is 10.1. The van der Waals surface area contributed by atoms with Gasteiger partial charge in [-0.1, -0.05) is 66.4 Å². The standard InChI is InChI=1S/C18H13NOS/c1-2-6-15-11-13(9-10-14(15)5-1)12-21-18-19-16-7-3-4-8-17(16)20-18/h1-11H,12H2. The van der Waals surface area contributed by atoms with Crippen LogP contribution in [0, 0.1) is 0 Å². The molecule has 0 aliphatic rings. The van der Waals surface area contributed by atoms with Crippen LogP contribution in [0.3, 0.4) is 0 Å². The fourth-order valence-corrected chi connectivity index (χ4v) is 3.17. The number of benzene rings is 3. The zero-order valence-corrected chi connectivity index (χ0v) is 12.1. The molecule has 0 atom stereocenters. The molecule has 0 radical (unpaired) electrons. The third-order valence-corrected chi connectivity index (χ3v) is 4.35. The highest BCUT2D eigenvalue weighted by Gasteiger charge is 2.06. The minimum absolute atomic E-state index is 0.726. The Kier molecular flexibility index (Phi) is 3.13. The van der Waals surface area contributed by atoms with Crippen LogP contribution in [-0.4, -0.2) is 4.98 Å². The Labute approximate surface area is 126 Å². The van der Waals surface area contributed by atoms with Crippen molar-refractivity contribution in [3.8, 4) is 0 Å². The number of hydrogen-bond acceptors (Lipinski definition) is 3. The fourth-order valence-electron chi connectivity index (χ4n) is 2.39. The first kappa shape index (κ1) is 12.5. The summed E-state index contributed by atoms with van der Waals surface area (Å²) in [5, 5.41) is 3.27. The number of aromatic nitrogens is 1. The lowest BCUT2D eigenvalue weighted by Gasteiger charge is -2.02. The minimum atomic E-state index is 0.726. The van der Waals surface area contributed by atoms with Gasteiger partial charge in [-0.3, -0.25) is 0 Å². The Morgan fingerprint density at radius 1 is 0.857 bits per heavy atom. The predicted octanol–water partition coefficient (Wildman–Crippen LogP) is 5.27. The summed E-state index contributed by atoms with van der Waals surface area (Å²) in [6.07, 6.45) is 0. The first-order chi connectivity index (χ1) is 10.4. The van der Waals surface area contributed by atoms with E-state index < -0.39 is 0 Å². The molecule has 1 aromatic heterocycles. The van der Waals surface area contributed by atoms with Crippen LogP contribution in [-0.2, 0) is 5.75 Å². The number of thioether (sulfide) groups is 1. The van der Waals surface area contributed by atoms with Crippen molar-refractivity contribution >= 4 is 33.6 Å². The summed E-state index contributed by atoms with van der Waals surface area (Å²) in [6.45, 7) is 0. The summed E-state index contributed by atoms with van der Waals surface area (Å²) in [7, 11) is 0. The van der Waals surface area contributed by atoms with Crippen LogP contribution in [0.25, 0.3) is 21.9 Å². The molecule has 0 spiro atoms. The van der Waals surface area contributed by atoms with E-state index in [1.165, 1.54) is 16.3 Å². The van der Waals surface area contributed by atoms with E-state index in [0.29, 0.717) is 0 Å². The zero-order valence-electron chi connectivity index (χ0n) is 11.3. The molecule has 0 aliphatic heterocycles. The van der Waals surface area contributed by atoms with Gasteiger partial charge < -0.3 is 4.42 Å². The molecule has 3 heteroatoms. The number of fused-ring (bicyclic) bond motifs is 2. The number of nitrogens with zero attached hydrogens (tertiary/aromatic N) is 1. The van der Waals surface area contributed by atoms with Gasteiger partial charge in [0.1, 0.15) is 5.52 Å². The van der Waals surface area contributed by atoms with Gasteiger partial charge in [-0.05, 0) is 28.5 Å². The second-order valence-electron chi connectivity index (χ2n) is 4.92. The molecule has 2 nitrogen and oxygen atoms in total. The SMILES string of the molecule is c1ccc2cc(CSc3nc4ccccc4o3)ccc2c1. The van der Waals surface area contributed by atoms with Crippen LogP contribution >= 0.6 is 11.8 Å². The van der Waals surface area contributed by atoms with Crippen molar-refractivity contribution in [1.29, 1.82) is 0 Å². The summed E-state index contributed by atoms with van der Waals surface area (Å²) in [6, 6.07) is 22.8. The van der Waals surface area contributed by atoms with E-state index in [1.807, 2.05) is 24.3 Å². The van der Waals surface area contributed by atoms with Gasteiger partial charge in [0, 0.05) is 5.75 Å². The predicted molar refractivity (Wildman–Crippen MR) is 87.5 cm³/mol. The van der Waals surface area contributed by atoms with Crippen molar-refractivity contribution in [2.24, 2.45) is 0 Å². The molecule has 0 saturated heterocycles. The van der Waals surface area contributed by atoms with E-state index in [4.69, 9.17) is 4.42 Å². The van der Waals surface area contributed by atoms with Crippen LogP contribution in [0.1, 0.15) is 5.56 Å². The van der Waals surface area contributed by atoms with Gasteiger partial charge >= 0.3 is 0 Å². The van der Waals surface area contributed by atoms with Crippen molar-refractivity contribution in [1.82, 2.24) is 4.98 Å². The van der Waals surface area contributed by atoms with Crippen molar-refractivity contribution in [3.63, 3.8) is 0 Å². The average Bonchev–Trinajstić information content (AvgIpc) is 2.95. The first-order valence-electron chi connectivity index (χ1n) is 6.84. The van der Waals surface area contributed by atoms with Crippen molar-refractivity contribution in [3.05, 3.63) is 72.3 Å². The number of hydrogen-bond donors (Lipinski definition) is 0. The van der Waals surface area contributed by atoms with Crippen LogP contribution in [0.15, 0.2) is 76.4 Å². The van der Waals surface area contributed by atoms with Gasteiger partial charge in [0.05, 0.1) is 0 Å². The molecule has 0 N–H and O–H groups in total. The second-order valence-corrected chi connectivity index (χ2v) is 5.84. The lowest BCUT2D eigenvalue weighted by Crippen LogP contribution is -1.81. The Hall–Kier alpha value is -2.26. The molecule has 21 heavy (non-hydrogen) atoms. The number of rotatable bonds is 3. The summed E-state index contributed by atoms with van der Waals surface area (Å²) >= 11 is 1.63. The molecule has 0 bridgehead atoms. The Morgan fingerprint density at radius 3 is 2.57 bits per heavy atom. The molecule has 0 saturated carbocycles. The van der Waals surface area contributed by atoms with Gasteiger partial charge in [0.2, 0.25) is 0 Å². The number of oxazole rings is 1. The summed E-state index contributed by atoms with van der Waals surface area (Å²) < 4.78 is 5.73. The molecule has 0 aliphatic carbocycles. The van der Waals surface area contributed by atoms with Crippen LogP contribution in [0.4, 0.5) is 0 Å². The van der Waals surface area contributed by atoms with Gasteiger partial charge in [-0.2, -0.15) is 0 Å². The van der Waals surface area contributed by atoms with E-state index in [2.05, 4.69) is 47.4 Å². The highest BCUT2D eigenvalue weighted by molar-refractivity contribution is 7.98. The van der Waals surface area contributed by atoms with Crippen molar-refractivity contribution in [2.75, 3.05) is 0 Å². The smallest absolute Gasteiger partial charge is 0.257 e. The molecule has 102 valence electrons. The molecule has 0 amide bonds. The van der Waals surface area contributed by atoms with Gasteiger partial charge in [0.15, 0.2) is 5.58 Å². The van der Waals surface area contributed by atoms with Gasteiger partial charge in [-0.25, -0.2) is 4.98 Å². The average molecular weight is 291 g/mol. The lowest BCUT2D eigenvalue weighted by molar-refractivity contribution is 0.489. The number of para-hydroxylation sites is 2. The second kappa shape index (κ2) is 5.26. The molecule has 3 aromatic carbocycles. The van der Waals surface area contributed by atoms with Crippen LogP contribution < -0.4 is 0 Å². The topological polar surface area (TPSA) is 26.0 Å².